The van der Waals surface area contributed by atoms with Crippen molar-refractivity contribution in [1.29, 1.82) is 0 Å². The van der Waals surface area contributed by atoms with Crippen molar-refractivity contribution >= 4 is 5.91 Å². The van der Waals surface area contributed by atoms with Crippen LogP contribution in [0.15, 0.2) is 102 Å². The minimum absolute atomic E-state index is 0.141. The number of nitroso groups, excluding NO2 is 1. The highest BCUT2D eigenvalue weighted by molar-refractivity contribution is 5.85. The van der Waals surface area contributed by atoms with Gasteiger partial charge in [-0.05, 0) is 76.3 Å². The van der Waals surface area contributed by atoms with E-state index in [0.29, 0.717) is 29.5 Å². The van der Waals surface area contributed by atoms with Crippen molar-refractivity contribution < 1.29 is 18.0 Å². The van der Waals surface area contributed by atoms with Gasteiger partial charge >= 0.3 is 6.18 Å². The van der Waals surface area contributed by atoms with Crippen molar-refractivity contribution in [2.45, 2.75) is 45.2 Å². The van der Waals surface area contributed by atoms with Crippen LogP contribution in [0.5, 0.6) is 0 Å². The van der Waals surface area contributed by atoms with E-state index in [1.54, 1.807) is 6.07 Å². The Morgan fingerprint density at radius 3 is 1.87 bits per heavy atom. The molecule has 200 valence electrons. The first-order valence-corrected chi connectivity index (χ1v) is 13.0. The molecule has 0 saturated heterocycles. The van der Waals surface area contributed by atoms with Gasteiger partial charge in [0, 0.05) is 5.18 Å². The molecule has 0 bridgehead atoms. The molecular formula is C33H30F3NO2. The quantitative estimate of drug-likeness (QED) is 0.203. The Kier molecular flexibility index (Phi) is 8.75. The Balaban J connectivity index is 1.65. The summed E-state index contributed by atoms with van der Waals surface area (Å²) in [6.07, 6.45) is -2.59. The second-order valence-electron chi connectivity index (χ2n) is 10.2. The van der Waals surface area contributed by atoms with Crippen LogP contribution in [0, 0.1) is 10.8 Å². The fourth-order valence-corrected chi connectivity index (χ4v) is 4.78. The molecule has 0 N–H and O–H groups in total. The van der Waals surface area contributed by atoms with Gasteiger partial charge < -0.3 is 0 Å². The lowest BCUT2D eigenvalue weighted by molar-refractivity contribution is -0.137. The maximum Gasteiger partial charge on any atom is 0.416 e. The minimum atomic E-state index is -4.42. The first kappa shape index (κ1) is 28.0. The normalized spacial score (nSPS) is 12.4. The average Bonchev–Trinajstić information content (AvgIpc) is 2.94. The Morgan fingerprint density at radius 2 is 1.28 bits per heavy atom. The predicted octanol–water partition coefficient (Wildman–Crippen LogP) is 9.25. The van der Waals surface area contributed by atoms with Crippen LogP contribution in [0.3, 0.4) is 0 Å². The fourth-order valence-electron chi connectivity index (χ4n) is 4.78. The summed E-state index contributed by atoms with van der Waals surface area (Å²) in [7, 11) is 0. The largest absolute Gasteiger partial charge is 0.416 e. The lowest BCUT2D eigenvalue weighted by Crippen LogP contribution is -2.13. The summed E-state index contributed by atoms with van der Waals surface area (Å²) in [5, 5.41) is 2.70. The number of hydrogen-bond donors (Lipinski definition) is 0. The number of hydrogen-bond acceptors (Lipinski definition) is 2. The van der Waals surface area contributed by atoms with Crippen molar-refractivity contribution in [3.8, 4) is 22.3 Å². The van der Waals surface area contributed by atoms with Crippen LogP contribution in [-0.2, 0) is 23.8 Å². The zero-order valence-corrected chi connectivity index (χ0v) is 21.9. The average molecular weight is 530 g/mol. The van der Waals surface area contributed by atoms with Gasteiger partial charge in [0.1, 0.15) is 0 Å². The van der Waals surface area contributed by atoms with E-state index in [0.717, 1.165) is 40.8 Å². The Labute approximate surface area is 226 Å². The van der Waals surface area contributed by atoms with E-state index in [1.807, 2.05) is 44.2 Å². The van der Waals surface area contributed by atoms with Crippen LogP contribution in [0.4, 0.5) is 13.2 Å². The van der Waals surface area contributed by atoms with E-state index >= 15 is 0 Å². The molecule has 0 radical (unpaired) electrons. The molecule has 0 saturated carbocycles. The van der Waals surface area contributed by atoms with Gasteiger partial charge in [0.05, 0.1) is 11.5 Å². The first-order valence-electron chi connectivity index (χ1n) is 13.0. The van der Waals surface area contributed by atoms with E-state index < -0.39 is 23.6 Å². The molecule has 3 nitrogen and oxygen atoms in total. The highest BCUT2D eigenvalue weighted by atomic mass is 19.4. The molecule has 0 aromatic heterocycles. The third-order valence-corrected chi connectivity index (χ3v) is 6.82. The molecule has 4 aromatic rings. The molecule has 0 aliphatic rings. The monoisotopic (exact) mass is 529 g/mol. The van der Waals surface area contributed by atoms with Gasteiger partial charge in [0.25, 0.3) is 5.91 Å². The second-order valence-corrected chi connectivity index (χ2v) is 10.2. The summed E-state index contributed by atoms with van der Waals surface area (Å²) in [5.41, 5.74) is 5.57. The Morgan fingerprint density at radius 1 is 0.718 bits per heavy atom. The van der Waals surface area contributed by atoms with Crippen molar-refractivity contribution in [3.63, 3.8) is 0 Å². The lowest BCUT2D eigenvalue weighted by Gasteiger charge is -2.18. The van der Waals surface area contributed by atoms with Crippen LogP contribution in [0.1, 0.15) is 48.4 Å². The molecule has 0 heterocycles. The summed E-state index contributed by atoms with van der Waals surface area (Å²) in [4.78, 5) is 23.7. The zero-order chi connectivity index (χ0) is 28.0. The topological polar surface area (TPSA) is 46.5 Å². The molecule has 39 heavy (non-hydrogen) atoms. The van der Waals surface area contributed by atoms with Crippen molar-refractivity contribution in [1.82, 2.24) is 0 Å². The summed E-state index contributed by atoms with van der Waals surface area (Å²) in [6.45, 7) is 3.93. The van der Waals surface area contributed by atoms with E-state index in [-0.39, 0.29) is 5.92 Å². The number of aryl methyl sites for hydroxylation is 2. The minimum Gasteiger partial charge on any atom is -0.268 e. The summed E-state index contributed by atoms with van der Waals surface area (Å²) >= 11 is 0. The van der Waals surface area contributed by atoms with Gasteiger partial charge in [0.2, 0.25) is 0 Å². The van der Waals surface area contributed by atoms with E-state index in [9.17, 15) is 22.9 Å². The lowest BCUT2D eigenvalue weighted by atomic mass is 9.86. The summed E-state index contributed by atoms with van der Waals surface area (Å²) in [6, 6.07) is 29.1. The maximum atomic E-state index is 13.1. The number of rotatable bonds is 9. The van der Waals surface area contributed by atoms with E-state index in [2.05, 4.69) is 41.6 Å². The number of nitrogens with zero attached hydrogens (tertiary/aromatic N) is 1. The highest BCUT2D eigenvalue weighted by Gasteiger charge is 2.30. The SMILES string of the molecule is CC(C)CC(C(=O)N=O)c1cc(CCc2ccc(-c3ccccc3)cc2)cc(-c2ccc(C(F)(F)F)cc2)c1. The highest BCUT2D eigenvalue weighted by Crippen LogP contribution is 2.34. The third kappa shape index (κ3) is 7.29. The number of carbonyl (C=O) groups is 1. The Bertz CT molecular complexity index is 1410. The number of amides is 1. The van der Waals surface area contributed by atoms with Crippen molar-refractivity contribution in [2.75, 3.05) is 0 Å². The number of benzene rings is 4. The maximum absolute atomic E-state index is 13.1. The number of halogens is 3. The Hall–Kier alpha value is -4.06. The standard InChI is InChI=1S/C33H30F3NO2/c1-22(2)18-31(32(38)37-39)29-20-24(19-28(21-29)27-14-16-30(17-15-27)33(34,35)36)9-8-23-10-12-26(13-11-23)25-6-4-3-5-7-25/h3-7,10-17,19-22,31H,8-9,18H2,1-2H3. The van der Waals surface area contributed by atoms with Gasteiger partial charge in [0.15, 0.2) is 0 Å². The molecule has 1 amide bonds. The van der Waals surface area contributed by atoms with Crippen LogP contribution >= 0.6 is 0 Å². The molecule has 0 aliphatic heterocycles. The fraction of sp³-hybridized carbons (Fsp3) is 0.242. The summed E-state index contributed by atoms with van der Waals surface area (Å²) < 4.78 is 39.3. The zero-order valence-electron chi connectivity index (χ0n) is 21.9. The molecule has 1 unspecified atom stereocenters. The van der Waals surface area contributed by atoms with Gasteiger partial charge in [-0.3, -0.25) is 4.79 Å². The summed E-state index contributed by atoms with van der Waals surface area (Å²) in [5.74, 6) is -1.31. The molecule has 6 heteroatoms. The molecule has 4 rings (SSSR count). The van der Waals surface area contributed by atoms with Crippen LogP contribution < -0.4 is 0 Å². The van der Waals surface area contributed by atoms with Crippen molar-refractivity contribution in [3.05, 3.63) is 124 Å². The third-order valence-electron chi connectivity index (χ3n) is 6.82. The second kappa shape index (κ2) is 12.2. The predicted molar refractivity (Wildman–Crippen MR) is 149 cm³/mol. The van der Waals surface area contributed by atoms with Gasteiger partial charge in [-0.2, -0.15) is 13.2 Å². The molecule has 4 aromatic carbocycles. The van der Waals surface area contributed by atoms with E-state index in [1.165, 1.54) is 12.1 Å². The van der Waals surface area contributed by atoms with Crippen LogP contribution in [-0.4, -0.2) is 5.91 Å². The van der Waals surface area contributed by atoms with Gasteiger partial charge in [-0.15, -0.1) is 4.91 Å². The first-order chi connectivity index (χ1) is 18.6. The molecule has 0 spiro atoms. The smallest absolute Gasteiger partial charge is 0.268 e. The van der Waals surface area contributed by atoms with Crippen LogP contribution in [0.25, 0.3) is 22.3 Å². The van der Waals surface area contributed by atoms with E-state index in [4.69, 9.17) is 0 Å². The van der Waals surface area contributed by atoms with Crippen molar-refractivity contribution in [2.24, 2.45) is 11.1 Å². The number of alkyl halides is 3. The van der Waals surface area contributed by atoms with Crippen LogP contribution in [0.2, 0.25) is 0 Å². The number of carbonyl (C=O) groups excluding carboxylic acids is 1. The van der Waals surface area contributed by atoms with Gasteiger partial charge in [-0.1, -0.05) is 98.8 Å². The van der Waals surface area contributed by atoms with Gasteiger partial charge in [-0.25, -0.2) is 0 Å². The molecular weight excluding hydrogens is 499 g/mol. The molecule has 0 aliphatic carbocycles. The molecule has 1 atom stereocenters. The molecule has 0 fully saturated rings.